The molecular weight excluding hydrogens is 230 g/mol. The molecular formula is C13H13N3S. The zero-order valence-electron chi connectivity index (χ0n) is 9.60. The maximum Gasteiger partial charge on any atom is 0.144 e. The Morgan fingerprint density at radius 1 is 1.41 bits per heavy atom. The summed E-state index contributed by atoms with van der Waals surface area (Å²) in [6.07, 6.45) is 1.01. The van der Waals surface area contributed by atoms with Crippen molar-refractivity contribution in [1.29, 1.82) is 5.26 Å². The van der Waals surface area contributed by atoms with Crippen molar-refractivity contribution in [3.05, 3.63) is 35.2 Å². The first kappa shape index (κ1) is 11.6. The summed E-state index contributed by atoms with van der Waals surface area (Å²) in [4.78, 5) is 5.62. The molecule has 0 saturated heterocycles. The lowest BCUT2D eigenvalue weighted by molar-refractivity contribution is 0.968. The van der Waals surface area contributed by atoms with Gasteiger partial charge in [0.25, 0.3) is 0 Å². The van der Waals surface area contributed by atoms with Gasteiger partial charge in [0.1, 0.15) is 11.9 Å². The molecule has 0 aromatic carbocycles. The third-order valence-corrected chi connectivity index (χ3v) is 3.22. The van der Waals surface area contributed by atoms with Crippen LogP contribution in [0.3, 0.4) is 0 Å². The maximum atomic E-state index is 9.01. The first-order valence-corrected chi connectivity index (χ1v) is 6.42. The van der Waals surface area contributed by atoms with Crippen molar-refractivity contribution < 1.29 is 0 Å². The van der Waals surface area contributed by atoms with E-state index in [2.05, 4.69) is 23.3 Å². The van der Waals surface area contributed by atoms with Crippen molar-refractivity contribution >= 4 is 17.2 Å². The Hall–Kier alpha value is -1.86. The van der Waals surface area contributed by atoms with E-state index >= 15 is 0 Å². The third kappa shape index (κ3) is 2.63. The molecule has 0 bridgehead atoms. The van der Waals surface area contributed by atoms with E-state index in [1.165, 1.54) is 0 Å². The highest BCUT2D eigenvalue weighted by molar-refractivity contribution is 7.13. The number of anilines is 1. The summed E-state index contributed by atoms with van der Waals surface area (Å²) in [5.41, 5.74) is 1.51. The van der Waals surface area contributed by atoms with Crippen LogP contribution in [0.1, 0.15) is 18.9 Å². The van der Waals surface area contributed by atoms with Crippen LogP contribution in [0.15, 0.2) is 29.6 Å². The van der Waals surface area contributed by atoms with Crippen molar-refractivity contribution in [3.63, 3.8) is 0 Å². The van der Waals surface area contributed by atoms with Gasteiger partial charge in [-0.2, -0.15) is 5.26 Å². The van der Waals surface area contributed by atoms with Crippen LogP contribution in [0.25, 0.3) is 10.6 Å². The average molecular weight is 243 g/mol. The summed E-state index contributed by atoms with van der Waals surface area (Å²) in [6.45, 7) is 2.91. The summed E-state index contributed by atoms with van der Waals surface area (Å²) in [5, 5.41) is 14.2. The molecule has 17 heavy (non-hydrogen) atoms. The average Bonchev–Trinajstić information content (AvgIpc) is 2.89. The van der Waals surface area contributed by atoms with E-state index < -0.39 is 0 Å². The molecule has 0 spiro atoms. The molecule has 3 nitrogen and oxygen atoms in total. The highest BCUT2D eigenvalue weighted by Crippen LogP contribution is 2.25. The Morgan fingerprint density at radius 3 is 2.94 bits per heavy atom. The lowest BCUT2D eigenvalue weighted by Crippen LogP contribution is -2.04. The van der Waals surface area contributed by atoms with Crippen molar-refractivity contribution in [2.24, 2.45) is 0 Å². The smallest absolute Gasteiger partial charge is 0.144 e. The molecule has 0 saturated carbocycles. The SMILES string of the molecule is CCCNc1nc(-c2cccs2)ccc1C#N. The van der Waals surface area contributed by atoms with Crippen LogP contribution in [-0.4, -0.2) is 11.5 Å². The number of thiophene rings is 1. The number of nitrogens with zero attached hydrogens (tertiary/aromatic N) is 2. The molecule has 4 heteroatoms. The largest absolute Gasteiger partial charge is 0.369 e. The topological polar surface area (TPSA) is 48.7 Å². The zero-order chi connectivity index (χ0) is 12.1. The van der Waals surface area contributed by atoms with Crippen LogP contribution in [0, 0.1) is 11.3 Å². The van der Waals surface area contributed by atoms with Gasteiger partial charge in [0, 0.05) is 6.54 Å². The van der Waals surface area contributed by atoms with E-state index in [4.69, 9.17) is 5.26 Å². The van der Waals surface area contributed by atoms with E-state index in [-0.39, 0.29) is 0 Å². The number of hydrogen-bond donors (Lipinski definition) is 1. The van der Waals surface area contributed by atoms with E-state index in [1.54, 1.807) is 11.3 Å². The molecule has 2 aromatic rings. The predicted molar refractivity (Wildman–Crippen MR) is 71.0 cm³/mol. The first-order chi connectivity index (χ1) is 8.35. The molecule has 0 aliphatic heterocycles. The van der Waals surface area contributed by atoms with Gasteiger partial charge in [-0.1, -0.05) is 13.0 Å². The lowest BCUT2D eigenvalue weighted by atomic mass is 10.2. The Balaban J connectivity index is 2.35. The van der Waals surface area contributed by atoms with E-state index in [1.807, 2.05) is 29.6 Å². The zero-order valence-corrected chi connectivity index (χ0v) is 10.4. The Morgan fingerprint density at radius 2 is 2.29 bits per heavy atom. The summed E-state index contributed by atoms with van der Waals surface area (Å²) in [7, 11) is 0. The van der Waals surface area contributed by atoms with Crippen LogP contribution >= 0.6 is 11.3 Å². The lowest BCUT2D eigenvalue weighted by Gasteiger charge is -2.07. The van der Waals surface area contributed by atoms with Gasteiger partial charge in [-0.25, -0.2) is 4.98 Å². The molecule has 0 aliphatic carbocycles. The molecule has 2 aromatic heterocycles. The minimum absolute atomic E-state index is 0.596. The molecule has 0 atom stereocenters. The van der Waals surface area contributed by atoms with Gasteiger partial charge in [-0.3, -0.25) is 0 Å². The van der Waals surface area contributed by atoms with Crippen molar-refractivity contribution in [3.8, 4) is 16.6 Å². The van der Waals surface area contributed by atoms with Gasteiger partial charge >= 0.3 is 0 Å². The quantitative estimate of drug-likeness (QED) is 0.894. The van der Waals surface area contributed by atoms with Crippen LogP contribution in [-0.2, 0) is 0 Å². The second-order valence-electron chi connectivity index (χ2n) is 3.61. The third-order valence-electron chi connectivity index (χ3n) is 2.33. The van der Waals surface area contributed by atoms with Crippen LogP contribution < -0.4 is 5.32 Å². The minimum atomic E-state index is 0.596. The first-order valence-electron chi connectivity index (χ1n) is 5.54. The van der Waals surface area contributed by atoms with Crippen molar-refractivity contribution in [1.82, 2.24) is 4.98 Å². The molecule has 0 aliphatic rings. The van der Waals surface area contributed by atoms with Gasteiger partial charge in [0.2, 0.25) is 0 Å². The monoisotopic (exact) mass is 243 g/mol. The van der Waals surface area contributed by atoms with Gasteiger partial charge in [0.05, 0.1) is 16.1 Å². The fraction of sp³-hybridized carbons (Fsp3) is 0.231. The highest BCUT2D eigenvalue weighted by atomic mass is 32.1. The van der Waals surface area contributed by atoms with Gasteiger partial charge < -0.3 is 5.32 Å². The molecule has 2 heterocycles. The number of nitrogens with one attached hydrogen (secondary N) is 1. The molecule has 86 valence electrons. The van der Waals surface area contributed by atoms with Crippen molar-refractivity contribution in [2.45, 2.75) is 13.3 Å². The van der Waals surface area contributed by atoms with Gasteiger partial charge in [-0.15, -0.1) is 11.3 Å². The fourth-order valence-corrected chi connectivity index (χ4v) is 2.18. The van der Waals surface area contributed by atoms with Crippen molar-refractivity contribution in [2.75, 3.05) is 11.9 Å². The molecule has 0 amide bonds. The Bertz CT molecular complexity index is 526. The second-order valence-corrected chi connectivity index (χ2v) is 4.56. The van der Waals surface area contributed by atoms with Crippen LogP contribution in [0.5, 0.6) is 0 Å². The molecule has 0 fully saturated rings. The molecule has 0 radical (unpaired) electrons. The predicted octanol–water partition coefficient (Wildman–Crippen LogP) is 3.50. The van der Waals surface area contributed by atoms with Gasteiger partial charge in [0.15, 0.2) is 0 Å². The van der Waals surface area contributed by atoms with E-state index in [0.717, 1.165) is 23.5 Å². The summed E-state index contributed by atoms with van der Waals surface area (Å²) < 4.78 is 0. The number of aromatic nitrogens is 1. The highest BCUT2D eigenvalue weighted by Gasteiger charge is 2.06. The summed E-state index contributed by atoms with van der Waals surface area (Å²) in [6, 6.07) is 9.89. The Kier molecular flexibility index (Phi) is 3.73. The number of hydrogen-bond acceptors (Lipinski definition) is 4. The molecule has 0 unspecified atom stereocenters. The summed E-state index contributed by atoms with van der Waals surface area (Å²) >= 11 is 1.65. The molecule has 2 rings (SSSR count). The molecule has 1 N–H and O–H groups in total. The number of rotatable bonds is 4. The van der Waals surface area contributed by atoms with Crippen LogP contribution in [0.2, 0.25) is 0 Å². The maximum absolute atomic E-state index is 9.01. The van der Waals surface area contributed by atoms with Crippen LogP contribution in [0.4, 0.5) is 5.82 Å². The number of nitriles is 1. The standard InChI is InChI=1S/C13H13N3S/c1-2-7-15-13-10(9-14)5-6-11(16-13)12-4-3-8-17-12/h3-6,8H,2,7H2,1H3,(H,15,16). The fourth-order valence-electron chi connectivity index (χ4n) is 1.49. The second kappa shape index (κ2) is 5.46. The number of pyridine rings is 1. The summed E-state index contributed by atoms with van der Waals surface area (Å²) in [5.74, 6) is 0.681. The normalized spacial score (nSPS) is 9.88. The van der Waals surface area contributed by atoms with E-state index in [0.29, 0.717) is 11.4 Å². The van der Waals surface area contributed by atoms with E-state index in [9.17, 15) is 0 Å². The minimum Gasteiger partial charge on any atom is -0.369 e. The Labute approximate surface area is 105 Å². The van der Waals surface area contributed by atoms with Gasteiger partial charge in [-0.05, 0) is 30.0 Å².